The molecule has 4 rings (SSSR count). The van der Waals surface area contributed by atoms with Gasteiger partial charge in [-0.1, -0.05) is 17.7 Å². The van der Waals surface area contributed by atoms with Gasteiger partial charge >= 0.3 is 0 Å². The molecular formula is C23H28N4O4. The van der Waals surface area contributed by atoms with Crippen molar-refractivity contribution in [3.8, 4) is 5.75 Å². The molecule has 0 aliphatic carbocycles. The van der Waals surface area contributed by atoms with Crippen LogP contribution in [0.1, 0.15) is 55.4 Å². The Kier molecular flexibility index (Phi) is 5.80. The summed E-state index contributed by atoms with van der Waals surface area (Å²) < 4.78 is 5.85. The number of likely N-dealkylation sites (tertiary alicyclic amines) is 1. The Morgan fingerprint density at radius 3 is 2.68 bits per heavy atom. The molecule has 164 valence electrons. The summed E-state index contributed by atoms with van der Waals surface area (Å²) in [6, 6.07) is 7.28. The van der Waals surface area contributed by atoms with Crippen LogP contribution in [-0.2, 0) is 22.6 Å². The first-order chi connectivity index (χ1) is 14.8. The number of carbonyl (C=O) groups is 2. The zero-order valence-corrected chi connectivity index (χ0v) is 18.2. The number of hydrogen-bond acceptors (Lipinski definition) is 5. The van der Waals surface area contributed by atoms with Gasteiger partial charge in [0.05, 0.1) is 18.3 Å². The third-order valence-electron chi connectivity index (χ3n) is 6.07. The van der Waals surface area contributed by atoms with Crippen molar-refractivity contribution in [1.29, 1.82) is 0 Å². The maximum Gasteiger partial charge on any atom is 0.263 e. The molecule has 0 bridgehead atoms. The smallest absolute Gasteiger partial charge is 0.263 e. The van der Waals surface area contributed by atoms with E-state index in [9.17, 15) is 14.4 Å². The minimum Gasteiger partial charge on any atom is -0.481 e. The van der Waals surface area contributed by atoms with Gasteiger partial charge in [0, 0.05) is 25.6 Å². The van der Waals surface area contributed by atoms with Crippen molar-refractivity contribution in [3.05, 3.63) is 57.3 Å². The van der Waals surface area contributed by atoms with Crippen LogP contribution in [-0.4, -0.2) is 50.8 Å². The molecule has 2 aliphatic rings. The number of amides is 2. The van der Waals surface area contributed by atoms with Gasteiger partial charge in [0.2, 0.25) is 5.91 Å². The minimum atomic E-state index is -0.652. The highest BCUT2D eigenvalue weighted by molar-refractivity contribution is 5.81. The molecule has 2 amide bonds. The quantitative estimate of drug-likeness (QED) is 0.811. The Balaban J connectivity index is 1.54. The molecule has 0 saturated carbocycles. The average molecular weight is 425 g/mol. The molecule has 3 heterocycles. The van der Waals surface area contributed by atoms with Gasteiger partial charge in [0.25, 0.3) is 11.5 Å². The Morgan fingerprint density at radius 2 is 1.97 bits per heavy atom. The van der Waals surface area contributed by atoms with Crippen LogP contribution in [0, 0.1) is 6.92 Å². The summed E-state index contributed by atoms with van der Waals surface area (Å²) in [6.45, 7) is 6.70. The third kappa shape index (κ3) is 4.33. The fourth-order valence-electron chi connectivity index (χ4n) is 4.31. The number of hydrogen-bond donors (Lipinski definition) is 1. The lowest BCUT2D eigenvalue weighted by Gasteiger charge is -2.29. The molecule has 0 radical (unpaired) electrons. The highest BCUT2D eigenvalue weighted by Crippen LogP contribution is 2.31. The summed E-state index contributed by atoms with van der Waals surface area (Å²) >= 11 is 0. The number of benzene rings is 1. The van der Waals surface area contributed by atoms with Gasteiger partial charge in [0.15, 0.2) is 6.10 Å². The fraction of sp³-hybridized carbons (Fsp3) is 0.478. The van der Waals surface area contributed by atoms with E-state index in [-0.39, 0.29) is 23.4 Å². The second-order valence-corrected chi connectivity index (χ2v) is 8.33. The van der Waals surface area contributed by atoms with Crippen LogP contribution in [0.5, 0.6) is 5.75 Å². The Morgan fingerprint density at radius 1 is 1.23 bits per heavy atom. The first-order valence-electron chi connectivity index (χ1n) is 10.7. The van der Waals surface area contributed by atoms with Crippen LogP contribution < -0.4 is 10.3 Å². The van der Waals surface area contributed by atoms with Gasteiger partial charge in [-0.15, -0.1) is 0 Å². The second-order valence-electron chi connectivity index (χ2n) is 8.33. The molecule has 8 heteroatoms. The zero-order chi connectivity index (χ0) is 22.1. The van der Waals surface area contributed by atoms with Gasteiger partial charge < -0.3 is 19.5 Å². The van der Waals surface area contributed by atoms with E-state index in [2.05, 4.69) is 4.98 Å². The summed E-state index contributed by atoms with van der Waals surface area (Å²) in [4.78, 5) is 48.6. The normalized spacial score (nSPS) is 19.1. The van der Waals surface area contributed by atoms with Crippen molar-refractivity contribution < 1.29 is 14.3 Å². The van der Waals surface area contributed by atoms with Gasteiger partial charge in [-0.05, 0) is 45.2 Å². The van der Waals surface area contributed by atoms with Crippen LogP contribution in [0.2, 0.25) is 0 Å². The predicted octanol–water partition coefficient (Wildman–Crippen LogP) is 2.11. The minimum absolute atomic E-state index is 0.0333. The number of aromatic amines is 1. The number of rotatable bonds is 4. The van der Waals surface area contributed by atoms with E-state index in [1.165, 1.54) is 6.92 Å². The number of carbonyl (C=O) groups excluding carboxylic acids is 2. The van der Waals surface area contributed by atoms with Gasteiger partial charge in [0.1, 0.15) is 11.6 Å². The SMILES string of the molecule is CC(=O)N1CCc2c(nc([C@H]3CCCN3C(=O)[C@H](C)Oc3ccc(C)cc3)[nH]c2=O)C1. The molecule has 1 fully saturated rings. The highest BCUT2D eigenvalue weighted by atomic mass is 16.5. The van der Waals surface area contributed by atoms with Crippen LogP contribution in [0.4, 0.5) is 0 Å². The van der Waals surface area contributed by atoms with Crippen molar-refractivity contribution in [2.24, 2.45) is 0 Å². The lowest BCUT2D eigenvalue weighted by Crippen LogP contribution is -2.42. The monoisotopic (exact) mass is 424 g/mol. The molecule has 1 N–H and O–H groups in total. The van der Waals surface area contributed by atoms with Crippen molar-refractivity contribution in [2.75, 3.05) is 13.1 Å². The number of H-pyrrole nitrogens is 1. The van der Waals surface area contributed by atoms with E-state index in [0.717, 1.165) is 18.4 Å². The van der Waals surface area contributed by atoms with E-state index in [1.54, 1.807) is 16.7 Å². The first-order valence-corrected chi connectivity index (χ1v) is 10.7. The van der Waals surface area contributed by atoms with Crippen molar-refractivity contribution in [2.45, 2.75) is 58.7 Å². The number of nitrogens with zero attached hydrogens (tertiary/aromatic N) is 3. The van der Waals surface area contributed by atoms with E-state index in [4.69, 9.17) is 9.72 Å². The molecule has 0 spiro atoms. The standard InChI is InChI=1S/C23H28N4O4/c1-14-6-8-17(9-7-14)31-15(2)23(30)27-11-4-5-20(27)21-24-19-13-26(16(3)28)12-10-18(19)22(29)25-21/h6-9,15,20H,4-5,10-13H2,1-3H3,(H,24,25,29)/t15-,20+/m0/s1. The van der Waals surface area contributed by atoms with Crippen molar-refractivity contribution >= 4 is 11.8 Å². The Labute approximate surface area is 181 Å². The molecule has 1 aromatic carbocycles. The van der Waals surface area contributed by atoms with E-state index in [1.807, 2.05) is 31.2 Å². The molecule has 8 nitrogen and oxygen atoms in total. The molecule has 1 aromatic heterocycles. The summed E-state index contributed by atoms with van der Waals surface area (Å²) in [5, 5.41) is 0. The molecule has 1 saturated heterocycles. The number of nitrogens with one attached hydrogen (secondary N) is 1. The molecule has 2 atom stereocenters. The lowest BCUT2D eigenvalue weighted by molar-refractivity contribution is -0.139. The molecule has 2 aromatic rings. The first kappa shape index (κ1) is 21.1. The molecule has 2 aliphatic heterocycles. The van der Waals surface area contributed by atoms with Gasteiger partial charge in [-0.25, -0.2) is 4.98 Å². The van der Waals surface area contributed by atoms with E-state index >= 15 is 0 Å². The fourth-order valence-corrected chi connectivity index (χ4v) is 4.31. The largest absolute Gasteiger partial charge is 0.481 e. The van der Waals surface area contributed by atoms with E-state index < -0.39 is 6.10 Å². The van der Waals surface area contributed by atoms with Crippen LogP contribution in [0.3, 0.4) is 0 Å². The summed E-state index contributed by atoms with van der Waals surface area (Å²) in [5.74, 6) is 0.970. The van der Waals surface area contributed by atoms with E-state index in [0.29, 0.717) is 48.9 Å². The molecular weight excluding hydrogens is 396 g/mol. The summed E-state index contributed by atoms with van der Waals surface area (Å²) in [6.07, 6.45) is 1.39. The molecule has 31 heavy (non-hydrogen) atoms. The van der Waals surface area contributed by atoms with Crippen LogP contribution >= 0.6 is 0 Å². The summed E-state index contributed by atoms with van der Waals surface area (Å²) in [5.41, 5.74) is 2.21. The predicted molar refractivity (Wildman–Crippen MR) is 115 cm³/mol. The lowest BCUT2D eigenvalue weighted by atomic mass is 10.1. The zero-order valence-electron chi connectivity index (χ0n) is 18.2. The summed E-state index contributed by atoms with van der Waals surface area (Å²) in [7, 11) is 0. The van der Waals surface area contributed by atoms with Crippen LogP contribution in [0.15, 0.2) is 29.1 Å². The molecule has 0 unspecified atom stereocenters. The van der Waals surface area contributed by atoms with Crippen LogP contribution in [0.25, 0.3) is 0 Å². The van der Waals surface area contributed by atoms with Gasteiger partial charge in [-0.2, -0.15) is 0 Å². The number of aromatic nitrogens is 2. The highest BCUT2D eigenvalue weighted by Gasteiger charge is 2.35. The number of aryl methyl sites for hydroxylation is 1. The van der Waals surface area contributed by atoms with Crippen molar-refractivity contribution in [3.63, 3.8) is 0 Å². The Hall–Kier alpha value is -3.16. The van der Waals surface area contributed by atoms with Crippen molar-refractivity contribution in [1.82, 2.24) is 19.8 Å². The maximum atomic E-state index is 13.1. The Bertz CT molecular complexity index is 1050. The van der Waals surface area contributed by atoms with Gasteiger partial charge in [-0.3, -0.25) is 14.4 Å². The third-order valence-corrected chi connectivity index (χ3v) is 6.07. The average Bonchev–Trinajstić information content (AvgIpc) is 3.24. The number of ether oxygens (including phenoxy) is 1. The topological polar surface area (TPSA) is 95.6 Å². The second kappa shape index (κ2) is 8.53. The maximum absolute atomic E-state index is 13.1. The number of fused-ring (bicyclic) bond motifs is 1.